The number of ether oxygens (including phenoxy) is 1. The molecule has 1 rings (SSSR count). The van der Waals surface area contributed by atoms with Gasteiger partial charge in [0, 0.05) is 6.42 Å². The van der Waals surface area contributed by atoms with Crippen molar-refractivity contribution >= 4 is 6.29 Å². The molecule has 1 aromatic carbocycles. The Hall–Kier alpha value is -1.36. The normalized spacial score (nSPS) is 13.4. The van der Waals surface area contributed by atoms with Gasteiger partial charge >= 0.3 is 6.18 Å². The number of alkyl halides is 3. The van der Waals surface area contributed by atoms with Crippen LogP contribution in [0.25, 0.3) is 0 Å². The fraction of sp³-hybridized carbons (Fsp3) is 0.364. The zero-order valence-electron chi connectivity index (χ0n) is 8.41. The summed E-state index contributed by atoms with van der Waals surface area (Å²) >= 11 is 0. The molecule has 5 heteroatoms. The molecule has 0 bridgehead atoms. The number of carbonyl (C=O) groups excluding carboxylic acids is 1. The smallest absolute Gasteiger partial charge is 0.364 e. The van der Waals surface area contributed by atoms with Crippen molar-refractivity contribution in [3.05, 3.63) is 35.9 Å². The molecule has 0 aromatic heterocycles. The van der Waals surface area contributed by atoms with Crippen molar-refractivity contribution in [2.45, 2.75) is 18.7 Å². The Morgan fingerprint density at radius 3 is 2.38 bits per heavy atom. The van der Waals surface area contributed by atoms with Crippen LogP contribution in [-0.2, 0) is 9.53 Å². The molecule has 0 heterocycles. The number of hydrogen-bond donors (Lipinski definition) is 0. The van der Waals surface area contributed by atoms with Crippen molar-refractivity contribution in [3.63, 3.8) is 0 Å². The summed E-state index contributed by atoms with van der Waals surface area (Å²) < 4.78 is 40.6. The Morgan fingerprint density at radius 1 is 1.25 bits per heavy atom. The molecular weight excluding hydrogens is 221 g/mol. The predicted octanol–water partition coefficient (Wildman–Crippen LogP) is 2.90. The molecule has 0 saturated carbocycles. The number of carbonyl (C=O) groups is 1. The van der Waals surface area contributed by atoms with E-state index in [0.29, 0.717) is 11.8 Å². The lowest BCUT2D eigenvalue weighted by Gasteiger charge is -2.17. The van der Waals surface area contributed by atoms with Crippen molar-refractivity contribution in [1.82, 2.24) is 0 Å². The summed E-state index contributed by atoms with van der Waals surface area (Å²) in [7, 11) is 0. The second-order valence-electron chi connectivity index (χ2n) is 3.23. The molecular formula is C11H11F3O2. The largest absolute Gasteiger partial charge is 0.411 e. The third kappa shape index (κ3) is 4.44. The molecule has 0 fully saturated rings. The van der Waals surface area contributed by atoms with E-state index in [0.717, 1.165) is 0 Å². The molecule has 88 valence electrons. The molecule has 0 aliphatic carbocycles. The summed E-state index contributed by atoms with van der Waals surface area (Å²) in [5, 5.41) is 0. The standard InChI is InChI=1S/C11H11F3O2/c12-11(13,14)8-16-10(6-7-15)9-4-2-1-3-5-9/h1-5,7,10H,6,8H2. The average molecular weight is 232 g/mol. The minimum atomic E-state index is -4.38. The number of halogens is 3. The first-order chi connectivity index (χ1) is 7.53. The Balaban J connectivity index is 2.65. The zero-order chi connectivity index (χ0) is 12.0. The molecule has 0 aliphatic heterocycles. The summed E-state index contributed by atoms with van der Waals surface area (Å²) in [6.45, 7) is -1.35. The van der Waals surface area contributed by atoms with E-state index in [1.54, 1.807) is 30.3 Å². The van der Waals surface area contributed by atoms with Gasteiger partial charge < -0.3 is 9.53 Å². The first-order valence-corrected chi connectivity index (χ1v) is 4.70. The van der Waals surface area contributed by atoms with Crippen LogP contribution in [0.1, 0.15) is 18.1 Å². The van der Waals surface area contributed by atoms with Gasteiger partial charge in [0.1, 0.15) is 12.9 Å². The first-order valence-electron chi connectivity index (χ1n) is 4.70. The van der Waals surface area contributed by atoms with Gasteiger partial charge in [-0.1, -0.05) is 30.3 Å². The Kier molecular flexibility index (Phi) is 4.49. The van der Waals surface area contributed by atoms with Gasteiger partial charge in [-0.25, -0.2) is 0 Å². The van der Waals surface area contributed by atoms with Crippen LogP contribution in [0.2, 0.25) is 0 Å². The Bertz CT molecular complexity index is 322. The van der Waals surface area contributed by atoms with Crippen LogP contribution in [0.5, 0.6) is 0 Å². The second kappa shape index (κ2) is 5.65. The van der Waals surface area contributed by atoms with Crippen LogP contribution in [0, 0.1) is 0 Å². The van der Waals surface area contributed by atoms with Crippen LogP contribution in [0.15, 0.2) is 30.3 Å². The minimum absolute atomic E-state index is 0.0832. The summed E-state index contributed by atoms with van der Waals surface area (Å²) in [6.07, 6.45) is -4.75. The van der Waals surface area contributed by atoms with Gasteiger partial charge in [0.05, 0.1) is 6.10 Å². The van der Waals surface area contributed by atoms with E-state index in [9.17, 15) is 18.0 Å². The van der Waals surface area contributed by atoms with E-state index in [1.165, 1.54) is 0 Å². The first kappa shape index (κ1) is 12.7. The molecule has 0 N–H and O–H groups in total. The third-order valence-corrected chi connectivity index (χ3v) is 1.93. The Labute approximate surface area is 91.0 Å². The molecule has 0 aliphatic rings. The summed E-state index contributed by atoms with van der Waals surface area (Å²) in [6, 6.07) is 8.37. The van der Waals surface area contributed by atoms with Crippen LogP contribution < -0.4 is 0 Å². The van der Waals surface area contributed by atoms with E-state index in [2.05, 4.69) is 4.74 Å². The van der Waals surface area contributed by atoms with Crippen LogP contribution in [-0.4, -0.2) is 19.1 Å². The summed E-state index contributed by atoms with van der Waals surface area (Å²) in [4.78, 5) is 10.4. The van der Waals surface area contributed by atoms with Gasteiger partial charge in [0.25, 0.3) is 0 Å². The van der Waals surface area contributed by atoms with Gasteiger partial charge in [-0.15, -0.1) is 0 Å². The SMILES string of the molecule is O=CCC(OCC(F)(F)F)c1ccccc1. The third-order valence-electron chi connectivity index (χ3n) is 1.93. The highest BCUT2D eigenvalue weighted by molar-refractivity contribution is 5.51. The second-order valence-corrected chi connectivity index (χ2v) is 3.23. The van der Waals surface area contributed by atoms with Gasteiger partial charge in [-0.2, -0.15) is 13.2 Å². The van der Waals surface area contributed by atoms with Crippen molar-refractivity contribution in [2.75, 3.05) is 6.61 Å². The monoisotopic (exact) mass is 232 g/mol. The maximum absolute atomic E-state index is 12.0. The molecule has 0 saturated heterocycles. The van der Waals surface area contributed by atoms with E-state index in [1.807, 2.05) is 0 Å². The number of aldehydes is 1. The molecule has 0 radical (unpaired) electrons. The Morgan fingerprint density at radius 2 is 1.88 bits per heavy atom. The molecule has 1 atom stereocenters. The lowest BCUT2D eigenvalue weighted by atomic mass is 10.1. The average Bonchev–Trinajstić information content (AvgIpc) is 2.24. The molecule has 2 nitrogen and oxygen atoms in total. The fourth-order valence-electron chi connectivity index (χ4n) is 1.25. The number of benzene rings is 1. The molecule has 1 aromatic rings. The van der Waals surface area contributed by atoms with E-state index >= 15 is 0 Å². The quantitative estimate of drug-likeness (QED) is 0.729. The van der Waals surface area contributed by atoms with Crippen molar-refractivity contribution < 1.29 is 22.7 Å². The van der Waals surface area contributed by atoms with E-state index < -0.39 is 18.9 Å². The topological polar surface area (TPSA) is 26.3 Å². The predicted molar refractivity (Wildman–Crippen MR) is 51.9 cm³/mol. The summed E-state index contributed by atoms with van der Waals surface area (Å²) in [5.74, 6) is 0. The van der Waals surface area contributed by atoms with Crippen LogP contribution in [0.3, 0.4) is 0 Å². The van der Waals surface area contributed by atoms with Crippen LogP contribution >= 0.6 is 0 Å². The highest BCUT2D eigenvalue weighted by Crippen LogP contribution is 2.24. The molecule has 0 spiro atoms. The van der Waals surface area contributed by atoms with Gasteiger partial charge in [-0.3, -0.25) is 0 Å². The highest BCUT2D eigenvalue weighted by atomic mass is 19.4. The zero-order valence-corrected chi connectivity index (χ0v) is 8.41. The maximum atomic E-state index is 12.0. The molecule has 16 heavy (non-hydrogen) atoms. The molecule has 1 unspecified atom stereocenters. The molecule has 0 amide bonds. The van der Waals surface area contributed by atoms with Crippen molar-refractivity contribution in [3.8, 4) is 0 Å². The van der Waals surface area contributed by atoms with Gasteiger partial charge in [0.2, 0.25) is 0 Å². The summed E-state index contributed by atoms with van der Waals surface area (Å²) in [5.41, 5.74) is 0.568. The van der Waals surface area contributed by atoms with Gasteiger partial charge in [0.15, 0.2) is 0 Å². The maximum Gasteiger partial charge on any atom is 0.411 e. The van der Waals surface area contributed by atoms with E-state index in [-0.39, 0.29) is 6.42 Å². The van der Waals surface area contributed by atoms with Gasteiger partial charge in [-0.05, 0) is 5.56 Å². The van der Waals surface area contributed by atoms with Crippen molar-refractivity contribution in [2.24, 2.45) is 0 Å². The van der Waals surface area contributed by atoms with Crippen molar-refractivity contribution in [1.29, 1.82) is 0 Å². The highest BCUT2D eigenvalue weighted by Gasteiger charge is 2.29. The minimum Gasteiger partial charge on any atom is -0.364 e. The number of hydrogen-bond acceptors (Lipinski definition) is 2. The van der Waals surface area contributed by atoms with Crippen LogP contribution in [0.4, 0.5) is 13.2 Å². The van der Waals surface area contributed by atoms with E-state index in [4.69, 9.17) is 0 Å². The lowest BCUT2D eigenvalue weighted by Crippen LogP contribution is -2.19. The fourth-order valence-corrected chi connectivity index (χ4v) is 1.25. The lowest BCUT2D eigenvalue weighted by molar-refractivity contribution is -0.186. The number of rotatable bonds is 5.